The van der Waals surface area contributed by atoms with E-state index in [9.17, 15) is 22.0 Å². The first kappa shape index (κ1) is 20.1. The number of carboxylic acids is 1. The Morgan fingerprint density at radius 3 is 1.83 bits per heavy atom. The molecule has 136 valence electrons. The number of hydrogen-bond donors (Lipinski definition) is 2. The van der Waals surface area contributed by atoms with E-state index in [1.54, 1.807) is 6.92 Å². The minimum Gasteiger partial charge on any atom is -0.475 e. The number of rotatable bonds is 3. The monoisotopic (exact) mass is 346 g/mol. The van der Waals surface area contributed by atoms with Crippen LogP contribution in [0.3, 0.4) is 0 Å². The lowest BCUT2D eigenvalue weighted by Gasteiger charge is -2.31. The molecule has 0 unspecified atom stereocenters. The number of aliphatic carboxylic acids is 1. The van der Waals surface area contributed by atoms with E-state index in [0.717, 1.165) is 26.2 Å². The normalized spacial score (nSPS) is 31.5. The Kier molecular flexibility index (Phi) is 5.68. The highest BCUT2D eigenvalue weighted by Gasteiger charge is 2.55. The summed E-state index contributed by atoms with van der Waals surface area (Å²) in [5.74, 6) is -5.29. The van der Waals surface area contributed by atoms with Crippen LogP contribution in [0.4, 0.5) is 22.0 Å². The molecule has 0 radical (unpaired) electrons. The van der Waals surface area contributed by atoms with Gasteiger partial charge in [-0.1, -0.05) is 20.8 Å². The number of carboxylic acid groups (broad SMARTS) is 1. The first-order valence-electron chi connectivity index (χ1n) is 7.36. The van der Waals surface area contributed by atoms with Crippen LogP contribution in [-0.2, 0) is 4.79 Å². The van der Waals surface area contributed by atoms with Crippen molar-refractivity contribution in [1.29, 1.82) is 0 Å². The number of carbonyl (C=O) groups is 1. The first-order valence-corrected chi connectivity index (χ1v) is 7.36. The number of hydrogen-bond acceptors (Lipinski definition) is 3. The largest absolute Gasteiger partial charge is 0.490 e. The predicted molar refractivity (Wildman–Crippen MR) is 74.5 cm³/mol. The molecule has 2 N–H and O–H groups in total. The van der Waals surface area contributed by atoms with Crippen LogP contribution in [0.1, 0.15) is 27.2 Å². The number of alkyl halides is 5. The molecule has 0 aromatic carbocycles. The molecule has 2 heterocycles. The maximum absolute atomic E-state index is 13.4. The minimum atomic E-state index is -5.08. The van der Waals surface area contributed by atoms with Gasteiger partial charge in [-0.15, -0.1) is 0 Å². The van der Waals surface area contributed by atoms with E-state index in [1.165, 1.54) is 0 Å². The van der Waals surface area contributed by atoms with Crippen LogP contribution in [0.5, 0.6) is 0 Å². The summed E-state index contributed by atoms with van der Waals surface area (Å²) < 4.78 is 58.5. The van der Waals surface area contributed by atoms with E-state index in [0.29, 0.717) is 0 Å². The second-order valence-electron chi connectivity index (χ2n) is 6.88. The van der Waals surface area contributed by atoms with Crippen molar-refractivity contribution in [2.45, 2.75) is 39.3 Å². The molecule has 0 amide bonds. The number of likely N-dealkylation sites (tertiary alicyclic amines) is 1. The molecule has 9 heteroatoms. The third-order valence-corrected chi connectivity index (χ3v) is 4.85. The van der Waals surface area contributed by atoms with Gasteiger partial charge in [0.05, 0.1) is 6.54 Å². The van der Waals surface area contributed by atoms with Crippen LogP contribution in [0, 0.1) is 10.8 Å². The summed E-state index contributed by atoms with van der Waals surface area (Å²) in [7, 11) is 0. The average Bonchev–Trinajstić information content (AvgIpc) is 2.75. The van der Waals surface area contributed by atoms with Crippen LogP contribution in [0.25, 0.3) is 0 Å². The smallest absolute Gasteiger partial charge is 0.475 e. The van der Waals surface area contributed by atoms with Gasteiger partial charge < -0.3 is 10.4 Å². The van der Waals surface area contributed by atoms with E-state index in [1.807, 2.05) is 4.90 Å². The topological polar surface area (TPSA) is 52.6 Å². The molecule has 2 atom stereocenters. The summed E-state index contributed by atoms with van der Waals surface area (Å²) in [4.78, 5) is 10.8. The van der Waals surface area contributed by atoms with Gasteiger partial charge in [0.1, 0.15) is 0 Å². The van der Waals surface area contributed by atoms with Gasteiger partial charge in [-0.2, -0.15) is 13.2 Å². The summed E-state index contributed by atoms with van der Waals surface area (Å²) in [6.45, 7) is 9.43. The van der Waals surface area contributed by atoms with Crippen molar-refractivity contribution in [1.82, 2.24) is 10.2 Å². The molecule has 4 nitrogen and oxygen atoms in total. The summed E-state index contributed by atoms with van der Waals surface area (Å²) >= 11 is 0. The molecule has 0 aromatic rings. The fraction of sp³-hybridized carbons (Fsp3) is 0.929. The van der Waals surface area contributed by atoms with Crippen molar-refractivity contribution in [2.75, 3.05) is 32.7 Å². The average molecular weight is 346 g/mol. The van der Waals surface area contributed by atoms with Gasteiger partial charge in [0.15, 0.2) is 0 Å². The Morgan fingerprint density at radius 1 is 1.13 bits per heavy atom. The van der Waals surface area contributed by atoms with Crippen LogP contribution >= 0.6 is 0 Å². The van der Waals surface area contributed by atoms with Crippen molar-refractivity contribution < 1.29 is 31.9 Å². The van der Waals surface area contributed by atoms with E-state index >= 15 is 0 Å². The predicted octanol–water partition coefficient (Wildman–Crippen LogP) is 2.60. The number of halogens is 5. The van der Waals surface area contributed by atoms with Gasteiger partial charge in [-0.3, -0.25) is 4.90 Å². The zero-order valence-corrected chi connectivity index (χ0v) is 13.4. The maximum atomic E-state index is 13.4. The molecule has 2 aliphatic heterocycles. The lowest BCUT2D eigenvalue weighted by Crippen LogP contribution is -2.38. The summed E-state index contributed by atoms with van der Waals surface area (Å²) in [6.07, 6.45) is -5.14. The van der Waals surface area contributed by atoms with Crippen molar-refractivity contribution in [3.63, 3.8) is 0 Å². The first-order chi connectivity index (χ1) is 10.2. The van der Waals surface area contributed by atoms with Crippen molar-refractivity contribution >= 4 is 5.97 Å². The summed E-state index contributed by atoms with van der Waals surface area (Å²) in [6, 6.07) is 0. The van der Waals surface area contributed by atoms with E-state index in [-0.39, 0.29) is 23.8 Å². The third kappa shape index (κ3) is 4.76. The Hall–Kier alpha value is -0.960. The molecule has 23 heavy (non-hydrogen) atoms. The van der Waals surface area contributed by atoms with Crippen LogP contribution < -0.4 is 5.32 Å². The summed E-state index contributed by atoms with van der Waals surface area (Å²) in [5.41, 5.74) is 0.327. The summed E-state index contributed by atoms with van der Waals surface area (Å²) in [5, 5.41) is 10.5. The van der Waals surface area contributed by atoms with Gasteiger partial charge in [0, 0.05) is 43.4 Å². The third-order valence-electron chi connectivity index (χ3n) is 4.85. The lowest BCUT2D eigenvalue weighted by atomic mass is 9.71. The molecule has 2 saturated heterocycles. The van der Waals surface area contributed by atoms with Crippen LogP contribution in [0.2, 0.25) is 0 Å². The Bertz CT molecular complexity index is 425. The molecule has 0 bridgehead atoms. The molecule has 0 aliphatic carbocycles. The van der Waals surface area contributed by atoms with Crippen molar-refractivity contribution in [3.8, 4) is 0 Å². The molecule has 2 rings (SSSR count). The fourth-order valence-electron chi connectivity index (χ4n) is 3.13. The van der Waals surface area contributed by atoms with E-state index in [4.69, 9.17) is 9.90 Å². The molecule has 0 saturated carbocycles. The Balaban J connectivity index is 0.000000322. The second-order valence-corrected chi connectivity index (χ2v) is 6.88. The van der Waals surface area contributed by atoms with Gasteiger partial charge in [-0.25, -0.2) is 13.6 Å². The van der Waals surface area contributed by atoms with Crippen molar-refractivity contribution in [2.24, 2.45) is 10.8 Å². The number of nitrogens with one attached hydrogen (secondary N) is 1. The molecule has 2 aliphatic rings. The van der Waals surface area contributed by atoms with Crippen LogP contribution in [-0.4, -0.2) is 60.8 Å². The number of fused-ring (bicyclic) bond motifs is 1. The SMILES string of the molecule is CCC(F)(F)CN1C[C@]2(C)CNC[C@]2(C)C1.O=C(O)C(F)(F)F. The minimum absolute atomic E-state index is 0.0603. The molecule has 2 fully saturated rings. The Morgan fingerprint density at radius 2 is 1.52 bits per heavy atom. The lowest BCUT2D eigenvalue weighted by molar-refractivity contribution is -0.192. The fourth-order valence-corrected chi connectivity index (χ4v) is 3.13. The molecular formula is C14H23F5N2O2. The van der Waals surface area contributed by atoms with Crippen molar-refractivity contribution in [3.05, 3.63) is 0 Å². The highest BCUT2D eigenvalue weighted by Crippen LogP contribution is 2.48. The highest BCUT2D eigenvalue weighted by molar-refractivity contribution is 5.73. The zero-order valence-electron chi connectivity index (χ0n) is 13.4. The van der Waals surface area contributed by atoms with Gasteiger partial charge >= 0.3 is 12.1 Å². The van der Waals surface area contributed by atoms with Crippen LogP contribution in [0.15, 0.2) is 0 Å². The zero-order chi connectivity index (χ0) is 18.1. The van der Waals surface area contributed by atoms with Gasteiger partial charge in [0.25, 0.3) is 5.92 Å². The standard InChI is InChI=1S/C12H22F2N2.C2HF3O2/c1-4-12(13,14)9-16-7-10(2)5-15-6-11(10,3)8-16;3-2(4,5)1(6)7/h15H,4-9H2,1-3H3;(H,6,7)/t10-,11+;. The van der Waals surface area contributed by atoms with E-state index < -0.39 is 18.1 Å². The molecule has 0 spiro atoms. The Labute approximate surface area is 132 Å². The quantitative estimate of drug-likeness (QED) is 0.772. The van der Waals surface area contributed by atoms with E-state index in [2.05, 4.69) is 19.2 Å². The van der Waals surface area contributed by atoms with Gasteiger partial charge in [-0.05, 0) is 0 Å². The maximum Gasteiger partial charge on any atom is 0.490 e. The number of nitrogens with zero attached hydrogens (tertiary/aromatic N) is 1. The van der Waals surface area contributed by atoms with Gasteiger partial charge in [0.2, 0.25) is 0 Å². The molecular weight excluding hydrogens is 323 g/mol. The second kappa shape index (κ2) is 6.51. The molecule has 0 aromatic heterocycles. The highest BCUT2D eigenvalue weighted by atomic mass is 19.4.